The predicted octanol–water partition coefficient (Wildman–Crippen LogP) is 4.36. The molecule has 0 saturated heterocycles. The van der Waals surface area contributed by atoms with Gasteiger partial charge in [0.25, 0.3) is 5.91 Å². The Morgan fingerprint density at radius 3 is 2.16 bits per heavy atom. The molecule has 7 heteroatoms. The van der Waals surface area contributed by atoms with Gasteiger partial charge in [0.1, 0.15) is 5.82 Å². The summed E-state index contributed by atoms with van der Waals surface area (Å²) in [6.45, 7) is 0. The molecule has 0 saturated carbocycles. The number of hydrogen-bond donors (Lipinski definition) is 2. The minimum Gasteiger partial charge on any atom is -0.478 e. The number of carboxylic acids is 1. The van der Waals surface area contributed by atoms with E-state index < -0.39 is 23.7 Å². The van der Waals surface area contributed by atoms with Crippen LogP contribution in [0.15, 0.2) is 66.7 Å². The van der Waals surface area contributed by atoms with Gasteiger partial charge in [0.05, 0.1) is 23.1 Å². The molecule has 2 atom stereocenters. The van der Waals surface area contributed by atoms with E-state index in [0.29, 0.717) is 16.8 Å². The SMILES string of the molecule is CN(C)C(=O)c1ccc(C2Nc3cccc(C(=O)O)c3C(=O)C2c2ccc(F)cc2)cc1. The fourth-order valence-corrected chi connectivity index (χ4v) is 4.05. The van der Waals surface area contributed by atoms with Crippen molar-refractivity contribution < 1.29 is 23.9 Å². The average Bonchev–Trinajstić information content (AvgIpc) is 2.79. The van der Waals surface area contributed by atoms with Crippen LogP contribution in [0.5, 0.6) is 0 Å². The Labute approximate surface area is 184 Å². The maximum atomic E-state index is 13.6. The molecule has 0 radical (unpaired) electrons. The van der Waals surface area contributed by atoms with Gasteiger partial charge in [-0.3, -0.25) is 9.59 Å². The zero-order valence-corrected chi connectivity index (χ0v) is 17.5. The molecule has 32 heavy (non-hydrogen) atoms. The maximum Gasteiger partial charge on any atom is 0.336 e. The van der Waals surface area contributed by atoms with Gasteiger partial charge in [0, 0.05) is 25.3 Å². The third-order valence-electron chi connectivity index (χ3n) is 5.62. The lowest BCUT2D eigenvalue weighted by Gasteiger charge is -2.35. The number of aromatic carboxylic acids is 1. The molecule has 3 aromatic carbocycles. The van der Waals surface area contributed by atoms with Crippen molar-refractivity contribution in [2.45, 2.75) is 12.0 Å². The van der Waals surface area contributed by atoms with Gasteiger partial charge in [-0.15, -0.1) is 0 Å². The number of nitrogens with zero attached hydrogens (tertiary/aromatic N) is 1. The lowest BCUT2D eigenvalue weighted by Crippen LogP contribution is -2.33. The van der Waals surface area contributed by atoms with E-state index in [1.807, 2.05) is 0 Å². The van der Waals surface area contributed by atoms with E-state index in [4.69, 9.17) is 0 Å². The molecule has 2 N–H and O–H groups in total. The number of carbonyl (C=O) groups excluding carboxylic acids is 2. The highest BCUT2D eigenvalue weighted by Gasteiger charge is 2.39. The van der Waals surface area contributed by atoms with Crippen LogP contribution in [0.3, 0.4) is 0 Å². The maximum absolute atomic E-state index is 13.6. The van der Waals surface area contributed by atoms with Crippen molar-refractivity contribution >= 4 is 23.3 Å². The van der Waals surface area contributed by atoms with Gasteiger partial charge in [-0.05, 0) is 47.5 Å². The van der Waals surface area contributed by atoms with Crippen LogP contribution >= 0.6 is 0 Å². The Morgan fingerprint density at radius 2 is 1.56 bits per heavy atom. The smallest absolute Gasteiger partial charge is 0.336 e. The van der Waals surface area contributed by atoms with Crippen LogP contribution in [0.4, 0.5) is 10.1 Å². The molecule has 1 aliphatic heterocycles. The number of Topliss-reactive ketones (excluding diaryl/α,β-unsaturated/α-hetero) is 1. The molecule has 162 valence electrons. The summed E-state index contributed by atoms with van der Waals surface area (Å²) in [5, 5.41) is 12.9. The van der Waals surface area contributed by atoms with Crippen molar-refractivity contribution in [3.63, 3.8) is 0 Å². The summed E-state index contributed by atoms with van der Waals surface area (Å²) in [4.78, 5) is 39.1. The van der Waals surface area contributed by atoms with Crippen molar-refractivity contribution in [2.24, 2.45) is 0 Å². The van der Waals surface area contributed by atoms with Crippen LogP contribution in [-0.4, -0.2) is 41.8 Å². The molecule has 1 amide bonds. The third-order valence-corrected chi connectivity index (χ3v) is 5.62. The van der Waals surface area contributed by atoms with Gasteiger partial charge in [-0.25, -0.2) is 9.18 Å². The quantitative estimate of drug-likeness (QED) is 0.640. The monoisotopic (exact) mass is 432 g/mol. The number of fused-ring (bicyclic) bond motifs is 1. The van der Waals surface area contributed by atoms with Gasteiger partial charge in [-0.2, -0.15) is 0 Å². The minimum atomic E-state index is -1.19. The van der Waals surface area contributed by atoms with Crippen molar-refractivity contribution in [3.8, 4) is 0 Å². The molecule has 0 aliphatic carbocycles. The molecule has 0 fully saturated rings. The predicted molar refractivity (Wildman–Crippen MR) is 118 cm³/mol. The van der Waals surface area contributed by atoms with E-state index in [1.165, 1.54) is 35.2 Å². The van der Waals surface area contributed by atoms with Crippen LogP contribution in [0, 0.1) is 5.82 Å². The summed E-state index contributed by atoms with van der Waals surface area (Å²) in [6, 6.07) is 16.6. The van der Waals surface area contributed by atoms with Gasteiger partial charge in [0.15, 0.2) is 5.78 Å². The van der Waals surface area contributed by atoms with E-state index in [1.54, 1.807) is 50.5 Å². The minimum absolute atomic E-state index is 0.0857. The van der Waals surface area contributed by atoms with Crippen LogP contribution in [-0.2, 0) is 0 Å². The van der Waals surface area contributed by atoms with E-state index in [2.05, 4.69) is 5.32 Å². The summed E-state index contributed by atoms with van der Waals surface area (Å²) >= 11 is 0. The standard InChI is InChI=1S/C25H21FN2O4/c1-28(2)24(30)16-8-6-15(7-9-16)22-20(14-10-12-17(26)13-11-14)23(29)21-18(25(31)32)4-3-5-19(21)27-22/h3-13,20,22,27H,1-2H3,(H,31,32). The summed E-state index contributed by atoms with van der Waals surface area (Å²) < 4.78 is 13.6. The first-order valence-corrected chi connectivity index (χ1v) is 10.0. The highest BCUT2D eigenvalue weighted by Crippen LogP contribution is 2.43. The Kier molecular flexibility index (Phi) is 5.48. The van der Waals surface area contributed by atoms with Gasteiger partial charge in [0.2, 0.25) is 0 Å². The fourth-order valence-electron chi connectivity index (χ4n) is 4.05. The Hall–Kier alpha value is -4.00. The number of ketones is 1. The summed E-state index contributed by atoms with van der Waals surface area (Å²) in [7, 11) is 3.33. The fraction of sp³-hybridized carbons (Fsp3) is 0.160. The van der Waals surface area contributed by atoms with E-state index in [-0.39, 0.29) is 22.8 Å². The van der Waals surface area contributed by atoms with E-state index in [0.717, 1.165) is 5.56 Å². The average molecular weight is 432 g/mol. The highest BCUT2D eigenvalue weighted by molar-refractivity contribution is 6.14. The number of nitrogens with one attached hydrogen (secondary N) is 1. The van der Waals surface area contributed by atoms with Crippen molar-refractivity contribution in [1.82, 2.24) is 4.90 Å². The first-order chi connectivity index (χ1) is 15.3. The normalized spacial score (nSPS) is 17.3. The summed E-state index contributed by atoms with van der Waals surface area (Å²) in [5.41, 5.74) is 2.25. The van der Waals surface area contributed by atoms with Crippen LogP contribution in [0.25, 0.3) is 0 Å². The number of benzene rings is 3. The molecular formula is C25H21FN2O4. The Bertz CT molecular complexity index is 1200. The lowest BCUT2D eigenvalue weighted by atomic mass is 9.77. The number of hydrogen-bond acceptors (Lipinski definition) is 4. The van der Waals surface area contributed by atoms with Crippen molar-refractivity contribution in [1.29, 1.82) is 0 Å². The van der Waals surface area contributed by atoms with E-state index in [9.17, 15) is 23.9 Å². The molecule has 0 spiro atoms. The number of anilines is 1. The molecule has 6 nitrogen and oxygen atoms in total. The number of halogens is 1. The molecule has 3 aromatic rings. The Balaban J connectivity index is 1.83. The largest absolute Gasteiger partial charge is 0.478 e. The van der Waals surface area contributed by atoms with Crippen molar-refractivity contribution in [3.05, 3.63) is 100 Å². The molecule has 0 aromatic heterocycles. The number of carbonyl (C=O) groups is 3. The van der Waals surface area contributed by atoms with Gasteiger partial charge >= 0.3 is 5.97 Å². The number of rotatable bonds is 4. The lowest BCUT2D eigenvalue weighted by molar-refractivity contribution is 0.0690. The number of carboxylic acid groups (broad SMARTS) is 1. The first-order valence-electron chi connectivity index (χ1n) is 10.0. The number of amides is 1. The molecular weight excluding hydrogens is 411 g/mol. The van der Waals surface area contributed by atoms with E-state index >= 15 is 0 Å². The molecule has 1 aliphatic rings. The second kappa shape index (κ2) is 8.26. The van der Waals surface area contributed by atoms with Crippen LogP contribution in [0.1, 0.15) is 54.2 Å². The molecule has 1 heterocycles. The third kappa shape index (κ3) is 3.73. The molecule has 4 rings (SSSR count). The second-order valence-corrected chi connectivity index (χ2v) is 7.87. The zero-order valence-electron chi connectivity index (χ0n) is 17.5. The van der Waals surface area contributed by atoms with Gasteiger partial charge in [-0.1, -0.05) is 30.3 Å². The van der Waals surface area contributed by atoms with Gasteiger partial charge < -0.3 is 15.3 Å². The summed E-state index contributed by atoms with van der Waals surface area (Å²) in [6.07, 6.45) is 0. The van der Waals surface area contributed by atoms with Crippen LogP contribution in [0.2, 0.25) is 0 Å². The second-order valence-electron chi connectivity index (χ2n) is 7.87. The Morgan fingerprint density at radius 1 is 0.938 bits per heavy atom. The van der Waals surface area contributed by atoms with Crippen molar-refractivity contribution in [2.75, 3.05) is 19.4 Å². The topological polar surface area (TPSA) is 86.7 Å². The highest BCUT2D eigenvalue weighted by atomic mass is 19.1. The zero-order chi connectivity index (χ0) is 23.0. The molecule has 2 unspecified atom stereocenters. The molecule has 0 bridgehead atoms. The summed E-state index contributed by atoms with van der Waals surface area (Å²) in [5.74, 6) is -2.91. The first kappa shape index (κ1) is 21.2. The van der Waals surface area contributed by atoms with Crippen LogP contribution < -0.4 is 5.32 Å².